The number of hydrogen-bond donors (Lipinski definition) is 1. The average Bonchev–Trinajstić information content (AvgIpc) is 2.60. The molecule has 1 heterocycles. The van der Waals surface area contributed by atoms with Gasteiger partial charge < -0.3 is 14.5 Å². The van der Waals surface area contributed by atoms with E-state index in [1.165, 1.54) is 0 Å². The molecule has 0 atom stereocenters. The van der Waals surface area contributed by atoms with E-state index in [-0.39, 0.29) is 0 Å². The van der Waals surface area contributed by atoms with E-state index >= 15 is 0 Å². The molecule has 1 aromatic carbocycles. The van der Waals surface area contributed by atoms with Gasteiger partial charge in [-0.25, -0.2) is 4.98 Å². The molecule has 4 heteroatoms. The van der Waals surface area contributed by atoms with Crippen molar-refractivity contribution < 1.29 is 9.15 Å². The van der Waals surface area contributed by atoms with Gasteiger partial charge in [0.2, 0.25) is 5.89 Å². The number of aromatic nitrogens is 1. The highest BCUT2D eigenvalue weighted by atomic mass is 16.5. The summed E-state index contributed by atoms with van der Waals surface area (Å²) in [6, 6.07) is 5.87. The first-order valence-electron chi connectivity index (χ1n) is 4.95. The fraction of sp³-hybridized carbons (Fsp3) is 0.364. The van der Waals surface area contributed by atoms with Crippen LogP contribution in [0.4, 0.5) is 5.69 Å². The van der Waals surface area contributed by atoms with Crippen molar-refractivity contribution in [1.82, 2.24) is 4.98 Å². The summed E-state index contributed by atoms with van der Waals surface area (Å²) in [5.74, 6) is 0.612. The summed E-state index contributed by atoms with van der Waals surface area (Å²) in [4.78, 5) is 4.31. The Morgan fingerprint density at radius 2 is 2.33 bits per heavy atom. The molecule has 1 N–H and O–H groups in total. The Morgan fingerprint density at radius 3 is 3.07 bits per heavy atom. The minimum atomic E-state index is 0.408. The lowest BCUT2D eigenvalue weighted by Gasteiger charge is -2.00. The van der Waals surface area contributed by atoms with E-state index in [1.807, 2.05) is 18.2 Å². The summed E-state index contributed by atoms with van der Waals surface area (Å²) in [6.07, 6.45) is 0. The zero-order valence-electron chi connectivity index (χ0n) is 8.91. The average molecular weight is 206 g/mol. The fourth-order valence-corrected chi connectivity index (χ4v) is 1.47. The fourth-order valence-electron chi connectivity index (χ4n) is 1.47. The maximum absolute atomic E-state index is 5.48. The molecule has 0 aliphatic rings. The Bertz CT molecular complexity index is 447. The second-order valence-corrected chi connectivity index (χ2v) is 3.25. The molecule has 4 nitrogen and oxygen atoms in total. The smallest absolute Gasteiger partial charge is 0.221 e. The third-order valence-electron chi connectivity index (χ3n) is 2.08. The molecule has 0 bridgehead atoms. The van der Waals surface area contributed by atoms with Crippen LogP contribution in [0.5, 0.6) is 0 Å². The first kappa shape index (κ1) is 9.98. The lowest BCUT2D eigenvalue weighted by molar-refractivity contribution is 0.161. The molecule has 0 amide bonds. The van der Waals surface area contributed by atoms with Crippen molar-refractivity contribution in [3.63, 3.8) is 0 Å². The van der Waals surface area contributed by atoms with Gasteiger partial charge >= 0.3 is 0 Å². The molecule has 1 aromatic heterocycles. The van der Waals surface area contributed by atoms with E-state index < -0.39 is 0 Å². The van der Waals surface area contributed by atoms with Crippen LogP contribution in [0, 0.1) is 0 Å². The van der Waals surface area contributed by atoms with Gasteiger partial charge in [-0.1, -0.05) is 0 Å². The maximum atomic E-state index is 5.48. The van der Waals surface area contributed by atoms with Crippen LogP contribution in [-0.2, 0) is 11.3 Å². The van der Waals surface area contributed by atoms with Gasteiger partial charge in [-0.2, -0.15) is 0 Å². The number of rotatable bonds is 4. The molecule has 80 valence electrons. The van der Waals surface area contributed by atoms with Gasteiger partial charge in [0.05, 0.1) is 0 Å². The molecule has 15 heavy (non-hydrogen) atoms. The zero-order valence-corrected chi connectivity index (χ0v) is 8.91. The Balaban J connectivity index is 2.34. The molecule has 0 saturated carbocycles. The van der Waals surface area contributed by atoms with Crippen LogP contribution in [0.1, 0.15) is 12.8 Å². The number of anilines is 1. The van der Waals surface area contributed by atoms with Gasteiger partial charge in [-0.3, -0.25) is 0 Å². The van der Waals surface area contributed by atoms with E-state index in [1.54, 1.807) is 7.11 Å². The minimum Gasteiger partial charge on any atom is -0.438 e. The SMILES string of the molecule is CCNc1ccc2oc(COC)nc2c1. The van der Waals surface area contributed by atoms with E-state index in [0.29, 0.717) is 12.5 Å². The number of nitrogens with zero attached hydrogens (tertiary/aromatic N) is 1. The Labute approximate surface area is 88.3 Å². The second-order valence-electron chi connectivity index (χ2n) is 3.25. The standard InChI is InChI=1S/C11H14N2O2/c1-3-12-8-4-5-10-9(6-8)13-11(15-10)7-14-2/h4-6,12H,3,7H2,1-2H3. The molecular weight excluding hydrogens is 192 g/mol. The van der Waals surface area contributed by atoms with Crippen molar-refractivity contribution in [2.24, 2.45) is 0 Å². The van der Waals surface area contributed by atoms with Gasteiger partial charge in [0.25, 0.3) is 0 Å². The van der Waals surface area contributed by atoms with Gasteiger partial charge in [-0.05, 0) is 25.1 Å². The van der Waals surface area contributed by atoms with Crippen LogP contribution in [0.15, 0.2) is 22.6 Å². The van der Waals surface area contributed by atoms with E-state index in [0.717, 1.165) is 23.3 Å². The number of benzene rings is 1. The highest BCUT2D eigenvalue weighted by Crippen LogP contribution is 2.20. The molecular formula is C11H14N2O2. The Kier molecular flexibility index (Phi) is 2.87. The molecule has 0 saturated heterocycles. The number of oxazole rings is 1. The monoisotopic (exact) mass is 206 g/mol. The first-order chi connectivity index (χ1) is 7.33. The van der Waals surface area contributed by atoms with Gasteiger partial charge in [0, 0.05) is 19.3 Å². The molecule has 2 rings (SSSR count). The molecule has 0 aliphatic carbocycles. The number of ether oxygens (including phenoxy) is 1. The Hall–Kier alpha value is -1.55. The summed E-state index contributed by atoms with van der Waals surface area (Å²) in [5.41, 5.74) is 2.71. The summed E-state index contributed by atoms with van der Waals surface area (Å²) in [5, 5.41) is 3.23. The summed E-state index contributed by atoms with van der Waals surface area (Å²) >= 11 is 0. The van der Waals surface area contributed by atoms with Crippen molar-refractivity contribution in [3.8, 4) is 0 Å². The zero-order chi connectivity index (χ0) is 10.7. The highest BCUT2D eigenvalue weighted by molar-refractivity contribution is 5.77. The van der Waals surface area contributed by atoms with Gasteiger partial charge in [-0.15, -0.1) is 0 Å². The molecule has 0 spiro atoms. The van der Waals surface area contributed by atoms with E-state index in [4.69, 9.17) is 9.15 Å². The van der Waals surface area contributed by atoms with E-state index in [9.17, 15) is 0 Å². The van der Waals surface area contributed by atoms with Crippen molar-refractivity contribution in [2.45, 2.75) is 13.5 Å². The van der Waals surface area contributed by atoms with Crippen LogP contribution in [-0.4, -0.2) is 18.6 Å². The summed E-state index contributed by atoms with van der Waals surface area (Å²) < 4.78 is 10.4. The van der Waals surface area contributed by atoms with Crippen molar-refractivity contribution in [1.29, 1.82) is 0 Å². The van der Waals surface area contributed by atoms with Crippen molar-refractivity contribution >= 4 is 16.8 Å². The quantitative estimate of drug-likeness (QED) is 0.834. The summed E-state index contributed by atoms with van der Waals surface area (Å²) in [7, 11) is 1.62. The molecule has 0 unspecified atom stereocenters. The van der Waals surface area contributed by atoms with Crippen LogP contribution in [0.3, 0.4) is 0 Å². The van der Waals surface area contributed by atoms with Crippen LogP contribution >= 0.6 is 0 Å². The van der Waals surface area contributed by atoms with Gasteiger partial charge in [0.1, 0.15) is 12.1 Å². The third-order valence-corrected chi connectivity index (χ3v) is 2.08. The predicted molar refractivity (Wildman–Crippen MR) is 58.9 cm³/mol. The summed E-state index contributed by atoms with van der Waals surface area (Å²) in [6.45, 7) is 3.36. The topological polar surface area (TPSA) is 47.3 Å². The maximum Gasteiger partial charge on any atom is 0.221 e. The molecule has 2 aromatic rings. The number of hydrogen-bond acceptors (Lipinski definition) is 4. The molecule has 0 radical (unpaired) electrons. The largest absolute Gasteiger partial charge is 0.438 e. The normalized spacial score (nSPS) is 10.8. The molecule has 0 aliphatic heterocycles. The van der Waals surface area contributed by atoms with Crippen LogP contribution in [0.2, 0.25) is 0 Å². The van der Waals surface area contributed by atoms with Gasteiger partial charge in [0.15, 0.2) is 5.58 Å². The second kappa shape index (κ2) is 4.31. The lowest BCUT2D eigenvalue weighted by Crippen LogP contribution is -1.95. The molecule has 0 fully saturated rings. The minimum absolute atomic E-state index is 0.408. The Morgan fingerprint density at radius 1 is 1.47 bits per heavy atom. The predicted octanol–water partition coefficient (Wildman–Crippen LogP) is 2.41. The number of nitrogens with one attached hydrogen (secondary N) is 1. The van der Waals surface area contributed by atoms with E-state index in [2.05, 4.69) is 17.2 Å². The van der Waals surface area contributed by atoms with Crippen molar-refractivity contribution in [3.05, 3.63) is 24.1 Å². The van der Waals surface area contributed by atoms with Crippen molar-refractivity contribution in [2.75, 3.05) is 19.0 Å². The van der Waals surface area contributed by atoms with Crippen LogP contribution in [0.25, 0.3) is 11.1 Å². The first-order valence-corrected chi connectivity index (χ1v) is 4.95. The lowest BCUT2D eigenvalue weighted by atomic mass is 10.3. The highest BCUT2D eigenvalue weighted by Gasteiger charge is 2.05. The van der Waals surface area contributed by atoms with Crippen LogP contribution < -0.4 is 5.32 Å². The number of fused-ring (bicyclic) bond motifs is 1. The third kappa shape index (κ3) is 2.10. The number of methoxy groups -OCH3 is 1.